The highest BCUT2D eigenvalue weighted by molar-refractivity contribution is 6.30. The zero-order chi connectivity index (χ0) is 20.4. The van der Waals surface area contributed by atoms with Crippen molar-refractivity contribution in [2.24, 2.45) is 0 Å². The monoisotopic (exact) mass is 405 g/mol. The first-order valence-electron chi connectivity index (χ1n) is 8.83. The van der Waals surface area contributed by atoms with Crippen LogP contribution in [0.2, 0.25) is 5.02 Å². The van der Waals surface area contributed by atoms with Crippen LogP contribution in [0.25, 0.3) is 22.3 Å². The molecular formula is C23H16ClNO4. The van der Waals surface area contributed by atoms with Gasteiger partial charge in [0.15, 0.2) is 5.43 Å². The number of hydrogen-bond donors (Lipinski definition) is 1. The number of methoxy groups -OCH3 is 1. The number of amides is 1. The maximum atomic E-state index is 12.6. The van der Waals surface area contributed by atoms with Crippen molar-refractivity contribution in [2.75, 3.05) is 12.4 Å². The molecule has 5 nitrogen and oxygen atoms in total. The van der Waals surface area contributed by atoms with E-state index in [1.165, 1.54) is 13.2 Å². The van der Waals surface area contributed by atoms with E-state index in [2.05, 4.69) is 5.32 Å². The molecule has 1 amide bonds. The molecule has 0 saturated carbocycles. The first kappa shape index (κ1) is 18.8. The third-order valence-electron chi connectivity index (χ3n) is 4.47. The molecule has 0 fully saturated rings. The number of benzene rings is 3. The van der Waals surface area contributed by atoms with Crippen LogP contribution in [0.4, 0.5) is 5.69 Å². The smallest absolute Gasteiger partial charge is 0.259 e. The van der Waals surface area contributed by atoms with Crippen LogP contribution >= 0.6 is 11.6 Å². The second kappa shape index (κ2) is 7.81. The lowest BCUT2D eigenvalue weighted by Crippen LogP contribution is -2.13. The van der Waals surface area contributed by atoms with Gasteiger partial charge in [-0.15, -0.1) is 0 Å². The second-order valence-corrected chi connectivity index (χ2v) is 6.78. The number of nitrogens with one attached hydrogen (secondary N) is 1. The minimum atomic E-state index is -0.330. The fourth-order valence-corrected chi connectivity index (χ4v) is 3.15. The van der Waals surface area contributed by atoms with Crippen LogP contribution < -0.4 is 15.5 Å². The predicted octanol–water partition coefficient (Wildman–Crippen LogP) is 5.37. The Morgan fingerprint density at radius 3 is 2.52 bits per heavy atom. The first-order valence-corrected chi connectivity index (χ1v) is 9.21. The van der Waals surface area contributed by atoms with Gasteiger partial charge in [-0.25, -0.2) is 0 Å². The minimum Gasteiger partial charge on any atom is -0.496 e. The Kier molecular flexibility index (Phi) is 5.06. The van der Waals surface area contributed by atoms with E-state index in [1.54, 1.807) is 66.7 Å². The van der Waals surface area contributed by atoms with Crippen LogP contribution in [0.3, 0.4) is 0 Å². The Bertz CT molecular complexity index is 1260. The fraction of sp³-hybridized carbons (Fsp3) is 0.0435. The quantitative estimate of drug-likeness (QED) is 0.495. The molecule has 0 aliphatic rings. The topological polar surface area (TPSA) is 68.5 Å². The van der Waals surface area contributed by atoms with Gasteiger partial charge in [0.25, 0.3) is 5.91 Å². The summed E-state index contributed by atoms with van der Waals surface area (Å²) in [6.45, 7) is 0. The predicted molar refractivity (Wildman–Crippen MR) is 114 cm³/mol. The van der Waals surface area contributed by atoms with Crippen LogP contribution in [0.1, 0.15) is 10.4 Å². The molecule has 1 heterocycles. The van der Waals surface area contributed by atoms with Crippen molar-refractivity contribution in [2.45, 2.75) is 0 Å². The van der Waals surface area contributed by atoms with E-state index in [0.29, 0.717) is 38.8 Å². The maximum absolute atomic E-state index is 12.6. The number of halogens is 1. The average molecular weight is 406 g/mol. The molecule has 4 rings (SSSR count). The van der Waals surface area contributed by atoms with Crippen molar-refractivity contribution >= 4 is 34.2 Å². The lowest BCUT2D eigenvalue weighted by molar-refractivity contribution is 0.102. The van der Waals surface area contributed by atoms with Crippen molar-refractivity contribution in [1.29, 1.82) is 0 Å². The number of carbonyl (C=O) groups excluding carboxylic acids is 1. The normalized spacial score (nSPS) is 10.7. The molecule has 1 aromatic heterocycles. The van der Waals surface area contributed by atoms with Gasteiger partial charge in [-0.2, -0.15) is 0 Å². The molecule has 0 unspecified atom stereocenters. The van der Waals surface area contributed by atoms with Crippen molar-refractivity contribution in [1.82, 2.24) is 0 Å². The van der Waals surface area contributed by atoms with Crippen LogP contribution in [0, 0.1) is 0 Å². The number of anilines is 1. The molecule has 0 bridgehead atoms. The Morgan fingerprint density at radius 1 is 1.00 bits per heavy atom. The molecule has 0 radical (unpaired) electrons. The Labute approximate surface area is 171 Å². The van der Waals surface area contributed by atoms with Gasteiger partial charge in [-0.1, -0.05) is 23.7 Å². The fourth-order valence-electron chi connectivity index (χ4n) is 3.02. The molecule has 0 saturated heterocycles. The summed E-state index contributed by atoms with van der Waals surface area (Å²) < 4.78 is 11.1. The van der Waals surface area contributed by atoms with Crippen LogP contribution in [-0.2, 0) is 0 Å². The van der Waals surface area contributed by atoms with Crippen molar-refractivity contribution < 1.29 is 13.9 Å². The highest BCUT2D eigenvalue weighted by Crippen LogP contribution is 2.26. The van der Waals surface area contributed by atoms with Crippen molar-refractivity contribution in [3.8, 4) is 17.1 Å². The van der Waals surface area contributed by atoms with Gasteiger partial charge < -0.3 is 14.5 Å². The Morgan fingerprint density at radius 2 is 1.76 bits per heavy atom. The SMILES string of the molecule is COc1ccccc1C(=O)Nc1ccc2oc(-c3ccc(Cl)cc3)cc(=O)c2c1. The van der Waals surface area contributed by atoms with Gasteiger partial charge in [-0.3, -0.25) is 9.59 Å². The summed E-state index contributed by atoms with van der Waals surface area (Å²) in [5.74, 6) is 0.590. The third-order valence-corrected chi connectivity index (χ3v) is 4.72. The molecule has 29 heavy (non-hydrogen) atoms. The molecule has 0 spiro atoms. The Hall–Kier alpha value is -3.57. The van der Waals surface area contributed by atoms with Crippen LogP contribution in [-0.4, -0.2) is 13.0 Å². The molecule has 1 N–H and O–H groups in total. The molecular weight excluding hydrogens is 390 g/mol. The molecule has 3 aromatic carbocycles. The van der Waals surface area contributed by atoms with Crippen LogP contribution in [0.15, 0.2) is 82.0 Å². The van der Waals surface area contributed by atoms with Gasteiger partial charge >= 0.3 is 0 Å². The Balaban J connectivity index is 1.67. The lowest BCUT2D eigenvalue weighted by atomic mass is 10.1. The van der Waals surface area contributed by atoms with Gasteiger partial charge in [-0.05, 0) is 54.6 Å². The molecule has 6 heteroatoms. The number of para-hydroxylation sites is 1. The van der Waals surface area contributed by atoms with Gasteiger partial charge in [0, 0.05) is 22.3 Å². The van der Waals surface area contributed by atoms with Gasteiger partial charge in [0.2, 0.25) is 0 Å². The standard InChI is InChI=1S/C23H16ClNO4/c1-28-20-5-3-2-4-17(20)23(27)25-16-10-11-21-18(12-16)19(26)13-22(29-21)14-6-8-15(24)9-7-14/h2-13H,1H3,(H,25,27). The minimum absolute atomic E-state index is 0.204. The summed E-state index contributed by atoms with van der Waals surface area (Å²) in [7, 11) is 1.51. The number of ether oxygens (including phenoxy) is 1. The molecule has 0 atom stereocenters. The summed E-state index contributed by atoms with van der Waals surface area (Å²) in [6.07, 6.45) is 0. The van der Waals surface area contributed by atoms with Crippen molar-refractivity contribution in [3.05, 3.63) is 93.6 Å². The molecule has 4 aromatic rings. The molecule has 144 valence electrons. The highest BCUT2D eigenvalue weighted by atomic mass is 35.5. The summed E-state index contributed by atoms with van der Waals surface area (Å²) in [5, 5.41) is 3.77. The highest BCUT2D eigenvalue weighted by Gasteiger charge is 2.13. The first-order chi connectivity index (χ1) is 14.0. The number of carbonyl (C=O) groups is 1. The molecule has 0 aliphatic carbocycles. The second-order valence-electron chi connectivity index (χ2n) is 6.35. The summed E-state index contributed by atoms with van der Waals surface area (Å²) in [6, 6.07) is 20.3. The van der Waals surface area contributed by atoms with E-state index in [0.717, 1.165) is 5.56 Å². The van der Waals surface area contributed by atoms with E-state index < -0.39 is 0 Å². The van der Waals surface area contributed by atoms with E-state index in [-0.39, 0.29) is 11.3 Å². The van der Waals surface area contributed by atoms with Gasteiger partial charge in [0.05, 0.1) is 18.1 Å². The average Bonchev–Trinajstić information content (AvgIpc) is 2.74. The van der Waals surface area contributed by atoms with Crippen molar-refractivity contribution in [3.63, 3.8) is 0 Å². The molecule has 0 aliphatic heterocycles. The number of rotatable bonds is 4. The van der Waals surface area contributed by atoms with E-state index in [4.69, 9.17) is 20.8 Å². The number of hydrogen-bond acceptors (Lipinski definition) is 4. The van der Waals surface area contributed by atoms with E-state index >= 15 is 0 Å². The zero-order valence-electron chi connectivity index (χ0n) is 15.4. The van der Waals surface area contributed by atoms with E-state index in [1.807, 2.05) is 0 Å². The lowest BCUT2D eigenvalue weighted by Gasteiger charge is -2.10. The summed E-state index contributed by atoms with van der Waals surface area (Å²) in [4.78, 5) is 25.2. The summed E-state index contributed by atoms with van der Waals surface area (Å²) >= 11 is 5.91. The largest absolute Gasteiger partial charge is 0.496 e. The maximum Gasteiger partial charge on any atom is 0.259 e. The number of fused-ring (bicyclic) bond motifs is 1. The third kappa shape index (κ3) is 3.86. The van der Waals surface area contributed by atoms with E-state index in [9.17, 15) is 9.59 Å². The van der Waals surface area contributed by atoms with Crippen LogP contribution in [0.5, 0.6) is 5.75 Å². The van der Waals surface area contributed by atoms with Gasteiger partial charge in [0.1, 0.15) is 17.1 Å². The zero-order valence-corrected chi connectivity index (χ0v) is 16.2. The summed E-state index contributed by atoms with van der Waals surface area (Å²) in [5.41, 5.74) is 1.87.